The molecule has 0 atom stereocenters. The van der Waals surface area contributed by atoms with Gasteiger partial charge in [0, 0.05) is 6.07 Å². The van der Waals surface area contributed by atoms with Crippen LogP contribution in [-0.4, -0.2) is 27.0 Å². The molecule has 3 aromatic heterocycles. The number of nitrogens with zero attached hydrogens (tertiary/aromatic N) is 3. The second-order valence-corrected chi connectivity index (χ2v) is 6.88. The molecule has 1 N–H and O–H groups in total. The second kappa shape index (κ2) is 7.65. The first-order chi connectivity index (χ1) is 13.6. The summed E-state index contributed by atoms with van der Waals surface area (Å²) in [5.74, 6) is 0.888. The van der Waals surface area contributed by atoms with E-state index < -0.39 is 0 Å². The number of furan rings is 1. The van der Waals surface area contributed by atoms with Gasteiger partial charge in [-0.3, -0.25) is 14.2 Å². The molecule has 0 saturated heterocycles. The van der Waals surface area contributed by atoms with Crippen molar-refractivity contribution >= 4 is 32.6 Å². The van der Waals surface area contributed by atoms with Gasteiger partial charge in [-0.05, 0) is 37.3 Å². The van der Waals surface area contributed by atoms with E-state index in [2.05, 4.69) is 15.3 Å². The van der Waals surface area contributed by atoms with Gasteiger partial charge in [0.1, 0.15) is 18.0 Å². The summed E-state index contributed by atoms with van der Waals surface area (Å²) in [5, 5.41) is 3.18. The highest BCUT2D eigenvalue weighted by atomic mass is 32.1. The molecule has 1 amide bonds. The standard InChI is InChI=1S/C19H16N4O4S/c1-2-26-12-5-6-13-16(8-12)28-19(21-13)22-17(24)10-23-11-20-14(9-18(23)25)15-4-3-7-27-15/h3-9,11H,2,10H2,1H3,(H,21,22,24). The summed E-state index contributed by atoms with van der Waals surface area (Å²) in [6, 6.07) is 10.3. The van der Waals surface area contributed by atoms with E-state index >= 15 is 0 Å². The van der Waals surface area contributed by atoms with Gasteiger partial charge in [-0.2, -0.15) is 0 Å². The fraction of sp³-hybridized carbons (Fsp3) is 0.158. The van der Waals surface area contributed by atoms with Gasteiger partial charge in [-0.15, -0.1) is 0 Å². The van der Waals surface area contributed by atoms with Crippen LogP contribution in [0.25, 0.3) is 21.7 Å². The van der Waals surface area contributed by atoms with Crippen LogP contribution < -0.4 is 15.6 Å². The Hall–Kier alpha value is -3.46. The number of hydrogen-bond donors (Lipinski definition) is 1. The maximum absolute atomic E-state index is 12.3. The molecule has 3 heterocycles. The van der Waals surface area contributed by atoms with E-state index in [9.17, 15) is 9.59 Å². The highest BCUT2D eigenvalue weighted by Crippen LogP contribution is 2.29. The molecule has 0 fully saturated rings. The third-order valence-electron chi connectivity index (χ3n) is 3.88. The number of nitrogens with one attached hydrogen (secondary N) is 1. The average molecular weight is 396 g/mol. The summed E-state index contributed by atoms with van der Waals surface area (Å²) in [7, 11) is 0. The predicted octanol–water partition coefficient (Wildman–Crippen LogP) is 3.15. The summed E-state index contributed by atoms with van der Waals surface area (Å²) in [5.41, 5.74) is 0.843. The lowest BCUT2D eigenvalue weighted by atomic mass is 10.3. The summed E-state index contributed by atoms with van der Waals surface area (Å²) in [6.45, 7) is 2.33. The van der Waals surface area contributed by atoms with E-state index in [1.54, 1.807) is 12.1 Å². The fourth-order valence-corrected chi connectivity index (χ4v) is 3.54. The number of hydrogen-bond acceptors (Lipinski definition) is 7. The molecule has 0 saturated carbocycles. The van der Waals surface area contributed by atoms with Crippen LogP contribution in [0.3, 0.4) is 0 Å². The van der Waals surface area contributed by atoms with Crippen LogP contribution >= 0.6 is 11.3 Å². The van der Waals surface area contributed by atoms with Crippen molar-refractivity contribution in [2.45, 2.75) is 13.5 Å². The van der Waals surface area contributed by atoms with Crippen LogP contribution in [0.15, 0.2) is 58.2 Å². The molecule has 9 heteroatoms. The van der Waals surface area contributed by atoms with Crippen molar-refractivity contribution in [1.82, 2.24) is 14.5 Å². The van der Waals surface area contributed by atoms with E-state index in [4.69, 9.17) is 9.15 Å². The van der Waals surface area contributed by atoms with E-state index in [0.717, 1.165) is 16.0 Å². The van der Waals surface area contributed by atoms with Crippen molar-refractivity contribution in [1.29, 1.82) is 0 Å². The molecular formula is C19H16N4O4S. The van der Waals surface area contributed by atoms with Gasteiger partial charge >= 0.3 is 0 Å². The number of ether oxygens (including phenoxy) is 1. The molecule has 0 unspecified atom stereocenters. The highest BCUT2D eigenvalue weighted by molar-refractivity contribution is 7.22. The molecule has 0 aliphatic heterocycles. The molecule has 28 heavy (non-hydrogen) atoms. The SMILES string of the molecule is CCOc1ccc2nc(NC(=O)Cn3cnc(-c4ccco4)cc3=O)sc2c1. The van der Waals surface area contributed by atoms with Gasteiger partial charge < -0.3 is 14.5 Å². The lowest BCUT2D eigenvalue weighted by Crippen LogP contribution is -2.27. The molecule has 0 radical (unpaired) electrons. The molecule has 0 spiro atoms. The summed E-state index contributed by atoms with van der Waals surface area (Å²) in [6.07, 6.45) is 2.83. The van der Waals surface area contributed by atoms with E-state index in [-0.39, 0.29) is 18.0 Å². The largest absolute Gasteiger partial charge is 0.494 e. The lowest BCUT2D eigenvalue weighted by Gasteiger charge is -2.05. The number of fused-ring (bicyclic) bond motifs is 1. The van der Waals surface area contributed by atoms with Crippen LogP contribution in [0, 0.1) is 0 Å². The first kappa shape index (κ1) is 17.9. The zero-order valence-corrected chi connectivity index (χ0v) is 15.7. The Morgan fingerprint density at radius 2 is 2.21 bits per heavy atom. The number of rotatable bonds is 6. The summed E-state index contributed by atoms with van der Waals surface area (Å²) >= 11 is 1.34. The minimum absolute atomic E-state index is 0.162. The molecule has 8 nitrogen and oxygen atoms in total. The van der Waals surface area contributed by atoms with Crippen LogP contribution in [0.5, 0.6) is 5.75 Å². The molecule has 0 bridgehead atoms. The van der Waals surface area contributed by atoms with Gasteiger partial charge in [0.25, 0.3) is 5.56 Å². The summed E-state index contributed by atoms with van der Waals surface area (Å²) < 4.78 is 12.8. The van der Waals surface area contributed by atoms with E-state index in [0.29, 0.717) is 23.2 Å². The Morgan fingerprint density at radius 1 is 1.32 bits per heavy atom. The van der Waals surface area contributed by atoms with Gasteiger partial charge in [-0.1, -0.05) is 11.3 Å². The maximum Gasteiger partial charge on any atom is 0.254 e. The molecular weight excluding hydrogens is 380 g/mol. The molecule has 4 rings (SSSR count). The minimum Gasteiger partial charge on any atom is -0.494 e. The Morgan fingerprint density at radius 3 is 2.96 bits per heavy atom. The normalized spacial score (nSPS) is 10.9. The smallest absolute Gasteiger partial charge is 0.254 e. The average Bonchev–Trinajstić information content (AvgIpc) is 3.32. The Bertz CT molecular complexity index is 1180. The van der Waals surface area contributed by atoms with Crippen molar-refractivity contribution in [2.75, 3.05) is 11.9 Å². The number of anilines is 1. The van der Waals surface area contributed by atoms with Crippen molar-refractivity contribution < 1.29 is 13.9 Å². The molecule has 142 valence electrons. The van der Waals surface area contributed by atoms with Gasteiger partial charge in [-0.25, -0.2) is 9.97 Å². The number of thiazole rings is 1. The van der Waals surface area contributed by atoms with Crippen molar-refractivity contribution in [2.24, 2.45) is 0 Å². The van der Waals surface area contributed by atoms with Gasteiger partial charge in [0.05, 0.1) is 29.4 Å². The molecule has 0 aliphatic rings. The first-order valence-corrected chi connectivity index (χ1v) is 9.37. The highest BCUT2D eigenvalue weighted by Gasteiger charge is 2.11. The van der Waals surface area contributed by atoms with Crippen LogP contribution in [0.2, 0.25) is 0 Å². The Labute approximate surface area is 163 Å². The predicted molar refractivity (Wildman–Crippen MR) is 106 cm³/mol. The van der Waals surface area contributed by atoms with Gasteiger partial charge in [0.2, 0.25) is 5.91 Å². The zero-order valence-electron chi connectivity index (χ0n) is 14.9. The molecule has 4 aromatic rings. The Balaban J connectivity index is 1.47. The van der Waals surface area contributed by atoms with Gasteiger partial charge in [0.15, 0.2) is 10.9 Å². The monoisotopic (exact) mass is 396 g/mol. The molecule has 0 aliphatic carbocycles. The number of benzene rings is 1. The quantitative estimate of drug-likeness (QED) is 0.537. The fourth-order valence-electron chi connectivity index (χ4n) is 2.63. The maximum atomic E-state index is 12.3. The number of carbonyl (C=O) groups is 1. The number of amides is 1. The number of carbonyl (C=O) groups excluding carboxylic acids is 1. The van der Waals surface area contributed by atoms with E-state index in [1.165, 1.54) is 34.6 Å². The second-order valence-electron chi connectivity index (χ2n) is 5.85. The van der Waals surface area contributed by atoms with Crippen molar-refractivity contribution in [3.8, 4) is 17.2 Å². The Kier molecular flexibility index (Phi) is 4.90. The third-order valence-corrected chi connectivity index (χ3v) is 4.82. The third kappa shape index (κ3) is 3.79. The van der Waals surface area contributed by atoms with Crippen molar-refractivity contribution in [3.63, 3.8) is 0 Å². The molecule has 1 aromatic carbocycles. The van der Waals surface area contributed by atoms with Crippen LogP contribution in [0.1, 0.15) is 6.92 Å². The number of aromatic nitrogens is 3. The first-order valence-electron chi connectivity index (χ1n) is 8.56. The van der Waals surface area contributed by atoms with Crippen molar-refractivity contribution in [3.05, 3.63) is 59.3 Å². The zero-order chi connectivity index (χ0) is 19.5. The van der Waals surface area contributed by atoms with Crippen LogP contribution in [0.4, 0.5) is 5.13 Å². The van der Waals surface area contributed by atoms with Crippen LogP contribution in [-0.2, 0) is 11.3 Å². The van der Waals surface area contributed by atoms with E-state index in [1.807, 2.05) is 25.1 Å². The minimum atomic E-state index is -0.362. The topological polar surface area (TPSA) is 99.2 Å². The summed E-state index contributed by atoms with van der Waals surface area (Å²) in [4.78, 5) is 33.1. The lowest BCUT2D eigenvalue weighted by molar-refractivity contribution is -0.116.